The van der Waals surface area contributed by atoms with Crippen molar-refractivity contribution in [2.45, 2.75) is 19.4 Å². The molecule has 1 aliphatic heterocycles. The topological polar surface area (TPSA) is 67.6 Å². The van der Waals surface area contributed by atoms with E-state index in [1.807, 2.05) is 0 Å². The Balaban J connectivity index is 1.64. The minimum Gasteiger partial charge on any atom is -0.372 e. The van der Waals surface area contributed by atoms with Gasteiger partial charge in [-0.05, 0) is 30.5 Å². The first-order chi connectivity index (χ1) is 9.75. The molecule has 0 aromatic heterocycles. The number of carbonyl (C=O) groups is 1. The molecule has 1 aromatic rings. The third kappa shape index (κ3) is 4.83. The summed E-state index contributed by atoms with van der Waals surface area (Å²) in [5, 5.41) is 3.27. The maximum absolute atomic E-state index is 10.5. The number of hydrogen-bond donors (Lipinski definition) is 2. The Morgan fingerprint density at radius 3 is 2.60 bits per heavy atom. The average molecular weight is 277 g/mol. The first kappa shape index (κ1) is 14.8. The van der Waals surface area contributed by atoms with Crippen LogP contribution in [-0.2, 0) is 16.1 Å². The second-order valence-corrected chi connectivity index (χ2v) is 5.06. The van der Waals surface area contributed by atoms with E-state index in [1.165, 1.54) is 37.2 Å². The van der Waals surface area contributed by atoms with Crippen LogP contribution >= 0.6 is 0 Å². The zero-order valence-corrected chi connectivity index (χ0v) is 11.8. The van der Waals surface area contributed by atoms with Gasteiger partial charge in [-0.15, -0.1) is 0 Å². The van der Waals surface area contributed by atoms with Gasteiger partial charge in [-0.25, -0.2) is 0 Å². The van der Waals surface area contributed by atoms with Crippen molar-refractivity contribution in [3.8, 4) is 0 Å². The lowest BCUT2D eigenvalue weighted by molar-refractivity contribution is -0.122. The van der Waals surface area contributed by atoms with Gasteiger partial charge in [0.15, 0.2) is 0 Å². The standard InChI is InChI=1S/C15H23N3O2/c16-15(19)12-20-10-7-17-11-13-3-5-14(6-4-13)18-8-1-2-9-18/h3-6,17H,1-2,7-12H2,(H2,16,19). The molecule has 1 aromatic carbocycles. The van der Waals surface area contributed by atoms with E-state index in [-0.39, 0.29) is 6.61 Å². The van der Waals surface area contributed by atoms with Crippen LogP contribution < -0.4 is 16.0 Å². The third-order valence-corrected chi connectivity index (χ3v) is 3.40. The highest BCUT2D eigenvalue weighted by atomic mass is 16.5. The molecule has 0 unspecified atom stereocenters. The Bertz CT molecular complexity index is 414. The average Bonchev–Trinajstić information content (AvgIpc) is 2.97. The maximum atomic E-state index is 10.5. The summed E-state index contributed by atoms with van der Waals surface area (Å²) in [5.41, 5.74) is 7.54. The van der Waals surface area contributed by atoms with Gasteiger partial charge in [-0.1, -0.05) is 12.1 Å². The number of nitrogens with one attached hydrogen (secondary N) is 1. The molecule has 5 nitrogen and oxygen atoms in total. The van der Waals surface area contributed by atoms with Crippen molar-refractivity contribution in [1.82, 2.24) is 5.32 Å². The number of anilines is 1. The van der Waals surface area contributed by atoms with Crippen molar-refractivity contribution in [3.05, 3.63) is 29.8 Å². The molecule has 0 bridgehead atoms. The van der Waals surface area contributed by atoms with Crippen LogP contribution in [0.2, 0.25) is 0 Å². The van der Waals surface area contributed by atoms with Gasteiger partial charge in [0.25, 0.3) is 0 Å². The molecular formula is C15H23N3O2. The minimum absolute atomic E-state index is 0.00773. The fourth-order valence-corrected chi connectivity index (χ4v) is 2.35. The predicted octanol–water partition coefficient (Wildman–Crippen LogP) is 0.878. The van der Waals surface area contributed by atoms with Crippen LogP contribution in [0.5, 0.6) is 0 Å². The monoisotopic (exact) mass is 277 g/mol. The molecular weight excluding hydrogens is 254 g/mol. The molecule has 110 valence electrons. The summed E-state index contributed by atoms with van der Waals surface area (Å²) >= 11 is 0. The lowest BCUT2D eigenvalue weighted by atomic mass is 10.2. The number of rotatable bonds is 8. The molecule has 1 amide bonds. The Hall–Kier alpha value is -1.59. The highest BCUT2D eigenvalue weighted by Crippen LogP contribution is 2.20. The number of ether oxygens (including phenoxy) is 1. The van der Waals surface area contributed by atoms with E-state index in [2.05, 4.69) is 34.5 Å². The molecule has 0 radical (unpaired) electrons. The van der Waals surface area contributed by atoms with Gasteiger partial charge in [0.2, 0.25) is 5.91 Å². The molecule has 1 fully saturated rings. The molecule has 0 spiro atoms. The van der Waals surface area contributed by atoms with Crippen molar-refractivity contribution in [1.29, 1.82) is 0 Å². The second kappa shape index (κ2) is 7.87. The Morgan fingerprint density at radius 1 is 1.25 bits per heavy atom. The van der Waals surface area contributed by atoms with Crippen LogP contribution in [0, 0.1) is 0 Å². The van der Waals surface area contributed by atoms with Crippen LogP contribution in [-0.4, -0.2) is 38.8 Å². The number of carbonyl (C=O) groups excluding carboxylic acids is 1. The summed E-state index contributed by atoms with van der Waals surface area (Å²) in [6, 6.07) is 8.69. The summed E-state index contributed by atoms with van der Waals surface area (Å²) in [4.78, 5) is 12.9. The van der Waals surface area contributed by atoms with Gasteiger partial charge in [0.1, 0.15) is 6.61 Å². The van der Waals surface area contributed by atoms with E-state index < -0.39 is 5.91 Å². The normalized spacial score (nSPS) is 14.7. The van der Waals surface area contributed by atoms with Crippen LogP contribution in [0.4, 0.5) is 5.69 Å². The molecule has 1 saturated heterocycles. The Morgan fingerprint density at radius 2 is 1.95 bits per heavy atom. The smallest absolute Gasteiger partial charge is 0.243 e. The summed E-state index contributed by atoms with van der Waals surface area (Å²) in [6.45, 7) is 4.35. The number of nitrogens with zero attached hydrogens (tertiary/aromatic N) is 1. The fourth-order valence-electron chi connectivity index (χ4n) is 2.35. The molecule has 2 rings (SSSR count). The maximum Gasteiger partial charge on any atom is 0.243 e. The molecule has 0 atom stereocenters. The highest BCUT2D eigenvalue weighted by Gasteiger charge is 2.11. The Labute approximate surface area is 120 Å². The van der Waals surface area contributed by atoms with Gasteiger partial charge < -0.3 is 20.7 Å². The fraction of sp³-hybridized carbons (Fsp3) is 0.533. The summed E-state index contributed by atoms with van der Waals surface area (Å²) in [5.74, 6) is -0.428. The van der Waals surface area contributed by atoms with Crippen LogP contribution in [0.15, 0.2) is 24.3 Å². The quantitative estimate of drug-likeness (QED) is 0.692. The summed E-state index contributed by atoms with van der Waals surface area (Å²) in [7, 11) is 0. The summed E-state index contributed by atoms with van der Waals surface area (Å²) < 4.78 is 5.08. The minimum atomic E-state index is -0.428. The number of nitrogens with two attached hydrogens (primary N) is 1. The zero-order chi connectivity index (χ0) is 14.2. The SMILES string of the molecule is NC(=O)COCCNCc1ccc(N2CCCC2)cc1. The van der Waals surface area contributed by atoms with E-state index in [0.717, 1.165) is 6.54 Å². The molecule has 5 heteroatoms. The first-order valence-electron chi connectivity index (χ1n) is 7.16. The van der Waals surface area contributed by atoms with Gasteiger partial charge in [0.05, 0.1) is 6.61 Å². The van der Waals surface area contributed by atoms with Crippen molar-refractivity contribution in [2.24, 2.45) is 5.73 Å². The molecule has 0 saturated carbocycles. The first-order valence-corrected chi connectivity index (χ1v) is 7.16. The predicted molar refractivity (Wildman–Crippen MR) is 79.6 cm³/mol. The van der Waals surface area contributed by atoms with Gasteiger partial charge in [0, 0.05) is 31.9 Å². The molecule has 1 aliphatic rings. The Kier molecular flexibility index (Phi) is 5.83. The van der Waals surface area contributed by atoms with Gasteiger partial charge in [-0.2, -0.15) is 0 Å². The largest absolute Gasteiger partial charge is 0.372 e. The zero-order valence-electron chi connectivity index (χ0n) is 11.8. The highest BCUT2D eigenvalue weighted by molar-refractivity contribution is 5.74. The van der Waals surface area contributed by atoms with Crippen molar-refractivity contribution in [2.75, 3.05) is 37.7 Å². The lowest BCUT2D eigenvalue weighted by Gasteiger charge is -2.17. The molecule has 3 N–H and O–H groups in total. The van der Waals surface area contributed by atoms with Crippen molar-refractivity contribution >= 4 is 11.6 Å². The van der Waals surface area contributed by atoms with Gasteiger partial charge >= 0.3 is 0 Å². The van der Waals surface area contributed by atoms with Crippen molar-refractivity contribution in [3.63, 3.8) is 0 Å². The molecule has 1 heterocycles. The number of amides is 1. The van der Waals surface area contributed by atoms with E-state index in [1.54, 1.807) is 0 Å². The number of benzene rings is 1. The third-order valence-electron chi connectivity index (χ3n) is 3.40. The number of hydrogen-bond acceptors (Lipinski definition) is 4. The second-order valence-electron chi connectivity index (χ2n) is 5.06. The van der Waals surface area contributed by atoms with Crippen LogP contribution in [0.3, 0.4) is 0 Å². The number of primary amides is 1. The van der Waals surface area contributed by atoms with Gasteiger partial charge in [-0.3, -0.25) is 4.79 Å². The molecule has 20 heavy (non-hydrogen) atoms. The van der Waals surface area contributed by atoms with Crippen molar-refractivity contribution < 1.29 is 9.53 Å². The van der Waals surface area contributed by atoms with E-state index in [4.69, 9.17) is 10.5 Å². The van der Waals surface area contributed by atoms with Crippen LogP contribution in [0.1, 0.15) is 18.4 Å². The van der Waals surface area contributed by atoms with Crippen LogP contribution in [0.25, 0.3) is 0 Å². The summed E-state index contributed by atoms with van der Waals surface area (Å²) in [6.07, 6.45) is 2.60. The van der Waals surface area contributed by atoms with E-state index in [9.17, 15) is 4.79 Å². The van der Waals surface area contributed by atoms with E-state index >= 15 is 0 Å². The van der Waals surface area contributed by atoms with E-state index in [0.29, 0.717) is 13.2 Å². The molecule has 0 aliphatic carbocycles. The lowest BCUT2D eigenvalue weighted by Crippen LogP contribution is -2.23.